The maximum atomic E-state index is 16.9. The molecule has 0 spiro atoms. The first kappa shape index (κ1) is 56.1. The lowest BCUT2D eigenvalue weighted by molar-refractivity contribution is -0.384. The summed E-state index contributed by atoms with van der Waals surface area (Å²) in [6.07, 6.45) is 1.16. The van der Waals surface area contributed by atoms with Crippen molar-refractivity contribution in [3.8, 4) is 44.5 Å². The molecular weight excluding hydrogens is 1190 g/mol. The lowest BCUT2D eigenvalue weighted by Gasteiger charge is -2.25. The third-order valence-electron chi connectivity index (χ3n) is 14.3. The molecule has 9 aromatic rings. The Morgan fingerprint density at radius 1 is 0.372 bits per heavy atom. The summed E-state index contributed by atoms with van der Waals surface area (Å²) in [5.41, 5.74) is -23.4. The maximum Gasteiger partial charge on any atom is 0.269 e. The molecule has 0 saturated heterocycles. The summed E-state index contributed by atoms with van der Waals surface area (Å²) in [4.78, 5) is 24.2. The Morgan fingerprint density at radius 3 is 1.06 bits per heavy atom. The van der Waals surface area contributed by atoms with Crippen LogP contribution in [-0.4, -0.2) is 30.6 Å². The summed E-state index contributed by atoms with van der Waals surface area (Å²) in [5, 5.41) is 17.3. The van der Waals surface area contributed by atoms with Gasteiger partial charge in [0.05, 0.1) is 67.3 Å². The third-order valence-corrected chi connectivity index (χ3v) is 14.3. The molecule has 2 atom stereocenters. The minimum absolute atomic E-state index is 0.0857. The second-order valence-electron chi connectivity index (χ2n) is 18.8. The molecule has 0 radical (unpaired) electrons. The van der Waals surface area contributed by atoms with Crippen molar-refractivity contribution in [2.24, 2.45) is 5.10 Å². The van der Waals surface area contributed by atoms with E-state index in [0.29, 0.717) is 36.4 Å². The Labute approximate surface area is 463 Å². The largest absolute Gasteiger partial charge is 0.354 e. The number of nitrogens with one attached hydrogen (secondary N) is 2. The minimum atomic E-state index is -2.79. The quantitative estimate of drug-likeness (QED) is 0.0542. The van der Waals surface area contributed by atoms with Crippen LogP contribution < -0.4 is 5.01 Å². The van der Waals surface area contributed by atoms with E-state index in [1.165, 1.54) is 30.3 Å². The van der Waals surface area contributed by atoms with Gasteiger partial charge in [0.1, 0.15) is 6.04 Å². The number of non-ortho nitro benzene ring substituents is 1. The zero-order valence-electron chi connectivity index (χ0n) is 41.4. The van der Waals surface area contributed by atoms with Crippen molar-refractivity contribution in [2.45, 2.75) is 12.0 Å². The Kier molecular flexibility index (Phi) is 13.2. The zero-order valence-corrected chi connectivity index (χ0v) is 41.4. The summed E-state index contributed by atoms with van der Waals surface area (Å²) in [5.74, 6) is -56.1. The number of aromatic nitrogens is 4. The molecule has 0 unspecified atom stereocenters. The number of rotatable bonds is 7. The fourth-order valence-corrected chi connectivity index (χ4v) is 10.5. The smallest absolute Gasteiger partial charge is 0.269 e. The third kappa shape index (κ3) is 8.13. The van der Waals surface area contributed by atoms with E-state index in [0.717, 1.165) is 29.3 Å². The number of nitro groups is 1. The molecule has 86 heavy (non-hydrogen) atoms. The molecular formula is C57H19F20N7O2. The standard InChI is InChI=1S/C57H19F20N7O2/c58-34-29(35(59)43(67)50(74)42(34)66)25-19-10-11-20(78-19)26(30-36(60)44(68)51(75)45(69)37(30)61)22-13-15-24(80-22)28(32-40(64)48(72)53(77)49(73)41(32)65)56-57-33(54(16-4-2-1-3-5-16)82-83(57)17-6-8-18(9-7-17)84(85)86)55(81-56)27(23-14-12-21(25)79-23)31-38(62)46(70)52(76)47(71)39(31)63/h1-15,33,57,79-80H/t33-,57-/m0/s1. The van der Waals surface area contributed by atoms with Crippen LogP contribution in [0.15, 0.2) is 84.0 Å². The maximum absolute atomic E-state index is 16.9. The van der Waals surface area contributed by atoms with Gasteiger partial charge in [-0.05, 0) is 54.1 Å². The van der Waals surface area contributed by atoms with Crippen molar-refractivity contribution in [1.29, 1.82) is 0 Å². The predicted octanol–water partition coefficient (Wildman–Crippen LogP) is 16.6. The molecule has 6 heterocycles. The van der Waals surface area contributed by atoms with Gasteiger partial charge in [-0.2, -0.15) is 5.10 Å². The van der Waals surface area contributed by atoms with E-state index in [2.05, 4.69) is 25.0 Å². The summed E-state index contributed by atoms with van der Waals surface area (Å²) < 4.78 is 318. The number of hydrogen-bond acceptors (Lipinski definition) is 6. The second kappa shape index (κ2) is 20.2. The van der Waals surface area contributed by atoms with E-state index in [1.807, 2.05) is 0 Å². The van der Waals surface area contributed by atoms with Gasteiger partial charge in [0, 0.05) is 56.5 Å². The van der Waals surface area contributed by atoms with E-state index < -0.39 is 234 Å². The van der Waals surface area contributed by atoms with Crippen LogP contribution in [-0.2, 0) is 0 Å². The number of benzene rings is 6. The van der Waals surface area contributed by atoms with Crippen molar-refractivity contribution in [2.75, 3.05) is 5.01 Å². The SMILES string of the molecule is O=[N+]([O-])c1ccc(N2N=C(c3ccccc3)[C@H]3c4nc(c(-c5c(F)c(F)c(F)c(F)c5F)c5ccc([nH]5)c(-c5c(F)c(F)c(F)c(F)c5F)c5nc(c(-c6c(F)c(F)c(F)c(F)c6F)c6ccc([nH]6)c4-c4c(F)c(F)c(F)c(F)c4F)C=C5)[C@H]32)cc1. The number of aromatic amines is 2. The average molecular weight is 1210 g/mol. The van der Waals surface area contributed by atoms with Crippen LogP contribution in [0.4, 0.5) is 99.2 Å². The van der Waals surface area contributed by atoms with Gasteiger partial charge in [0.15, 0.2) is 93.1 Å². The van der Waals surface area contributed by atoms with Crippen LogP contribution in [0.3, 0.4) is 0 Å². The molecule has 0 amide bonds. The van der Waals surface area contributed by atoms with Gasteiger partial charge in [-0.15, -0.1) is 0 Å². The van der Waals surface area contributed by atoms with E-state index in [4.69, 9.17) is 0 Å². The Bertz CT molecular complexity index is 4660. The highest BCUT2D eigenvalue weighted by Gasteiger charge is 2.50. The van der Waals surface area contributed by atoms with Gasteiger partial charge >= 0.3 is 0 Å². The molecule has 3 aromatic heterocycles. The van der Waals surface area contributed by atoms with E-state index in [9.17, 15) is 18.9 Å². The van der Waals surface area contributed by atoms with Gasteiger partial charge < -0.3 is 9.97 Å². The van der Waals surface area contributed by atoms with Crippen LogP contribution in [0.5, 0.6) is 0 Å². The average Bonchev–Trinajstić information content (AvgIpc) is 2.20. The predicted molar refractivity (Wildman–Crippen MR) is 265 cm³/mol. The number of H-pyrrole nitrogens is 2. The van der Waals surface area contributed by atoms with Crippen molar-refractivity contribution in [3.05, 3.63) is 234 Å². The van der Waals surface area contributed by atoms with Crippen molar-refractivity contribution in [1.82, 2.24) is 19.9 Å². The molecule has 0 fully saturated rings. The summed E-state index contributed by atoms with van der Waals surface area (Å²) in [7, 11) is 0. The second-order valence-corrected chi connectivity index (χ2v) is 18.8. The van der Waals surface area contributed by atoms with Gasteiger partial charge in [-0.1, -0.05) is 30.3 Å². The molecule has 0 aliphatic carbocycles. The number of fused-ring (bicyclic) bond motifs is 11. The molecule has 3 aliphatic heterocycles. The first-order chi connectivity index (χ1) is 40.8. The van der Waals surface area contributed by atoms with Crippen molar-refractivity contribution < 1.29 is 92.7 Å². The lowest BCUT2D eigenvalue weighted by atomic mass is 9.84. The van der Waals surface area contributed by atoms with Gasteiger partial charge in [0.2, 0.25) is 23.3 Å². The molecule has 434 valence electrons. The van der Waals surface area contributed by atoms with Crippen LogP contribution in [0.1, 0.15) is 40.3 Å². The highest BCUT2D eigenvalue weighted by Crippen LogP contribution is 2.55. The summed E-state index contributed by atoms with van der Waals surface area (Å²) in [6, 6.07) is 10.6. The summed E-state index contributed by atoms with van der Waals surface area (Å²) >= 11 is 0. The van der Waals surface area contributed by atoms with Crippen LogP contribution in [0.25, 0.3) is 78.7 Å². The van der Waals surface area contributed by atoms with Gasteiger partial charge in [-0.3, -0.25) is 20.1 Å². The monoisotopic (exact) mass is 1210 g/mol. The molecule has 8 bridgehead atoms. The number of halogens is 20. The van der Waals surface area contributed by atoms with Gasteiger partial charge in [0.25, 0.3) is 5.69 Å². The number of anilines is 1. The lowest BCUT2D eigenvalue weighted by Crippen LogP contribution is -2.22. The fourth-order valence-electron chi connectivity index (χ4n) is 10.5. The fraction of sp³-hybridized carbons (Fsp3) is 0.0351. The molecule has 29 heteroatoms. The van der Waals surface area contributed by atoms with Crippen molar-refractivity contribution >= 4 is 51.3 Å². The Hall–Kier alpha value is -10.4. The van der Waals surface area contributed by atoms with Crippen LogP contribution in [0, 0.1) is 126 Å². The van der Waals surface area contributed by atoms with E-state index >= 15 is 79.0 Å². The van der Waals surface area contributed by atoms with E-state index in [1.54, 1.807) is 0 Å². The molecule has 12 rings (SSSR count). The number of hydrazone groups is 1. The molecule has 6 aromatic carbocycles. The number of nitro benzene ring substituents is 1. The first-order valence-corrected chi connectivity index (χ1v) is 24.1. The molecule has 9 nitrogen and oxygen atoms in total. The van der Waals surface area contributed by atoms with Crippen LogP contribution in [0.2, 0.25) is 0 Å². The summed E-state index contributed by atoms with van der Waals surface area (Å²) in [6.45, 7) is 0. The van der Waals surface area contributed by atoms with Crippen molar-refractivity contribution in [3.63, 3.8) is 0 Å². The zero-order chi connectivity index (χ0) is 61.5. The number of hydrogen-bond donors (Lipinski definition) is 2. The first-order valence-electron chi connectivity index (χ1n) is 24.1. The topological polar surface area (TPSA) is 116 Å². The van der Waals surface area contributed by atoms with Gasteiger partial charge in [-0.25, -0.2) is 92.8 Å². The molecule has 2 N–H and O–H groups in total. The number of nitrogens with zero attached hydrogens (tertiary/aromatic N) is 5. The molecule has 3 aliphatic rings. The highest BCUT2D eigenvalue weighted by atomic mass is 19.2. The highest BCUT2D eigenvalue weighted by molar-refractivity contribution is 6.10. The minimum Gasteiger partial charge on any atom is -0.354 e. The molecule has 0 saturated carbocycles. The Balaban J connectivity index is 1.40. The normalized spacial score (nSPS) is 14.6. The Morgan fingerprint density at radius 2 is 0.698 bits per heavy atom. The van der Waals surface area contributed by atoms with Crippen LogP contribution >= 0.6 is 0 Å². The van der Waals surface area contributed by atoms with E-state index in [-0.39, 0.29) is 11.3 Å².